The number of carbonyl (C=O) groups is 1. The Kier molecular flexibility index (Phi) is 5.32. The van der Waals surface area contributed by atoms with Crippen molar-refractivity contribution in [1.82, 2.24) is 14.9 Å². The highest BCUT2D eigenvalue weighted by molar-refractivity contribution is 5.89. The van der Waals surface area contributed by atoms with E-state index in [0.29, 0.717) is 13.1 Å². The van der Waals surface area contributed by atoms with Crippen LogP contribution < -0.4 is 15.1 Å². The van der Waals surface area contributed by atoms with E-state index >= 15 is 0 Å². The number of anilines is 3. The molecule has 0 unspecified atom stereocenters. The topological polar surface area (TPSA) is 64.6 Å². The van der Waals surface area contributed by atoms with Gasteiger partial charge in [-0.1, -0.05) is 6.07 Å². The highest BCUT2D eigenvalue weighted by atomic mass is 16.2. The second-order valence-corrected chi connectivity index (χ2v) is 7.71. The van der Waals surface area contributed by atoms with E-state index in [2.05, 4.69) is 37.2 Å². The molecule has 0 aliphatic carbocycles. The molecule has 1 aromatic heterocycles. The van der Waals surface area contributed by atoms with E-state index in [4.69, 9.17) is 0 Å². The Morgan fingerprint density at radius 3 is 2.00 bits per heavy atom. The summed E-state index contributed by atoms with van der Waals surface area (Å²) in [5, 5.41) is 3.03. The van der Waals surface area contributed by atoms with E-state index in [0.717, 1.165) is 54.6 Å². The summed E-state index contributed by atoms with van der Waals surface area (Å²) in [6, 6.07) is 8.15. The summed E-state index contributed by atoms with van der Waals surface area (Å²) in [6.07, 6.45) is 4.11. The highest BCUT2D eigenvalue weighted by Crippen LogP contribution is 2.22. The van der Waals surface area contributed by atoms with Crippen molar-refractivity contribution in [3.05, 3.63) is 41.7 Å². The molecule has 2 amide bonds. The fourth-order valence-electron chi connectivity index (χ4n) is 4.02. The van der Waals surface area contributed by atoms with Gasteiger partial charge in [0.15, 0.2) is 0 Å². The van der Waals surface area contributed by atoms with Crippen molar-refractivity contribution >= 4 is 23.4 Å². The molecule has 2 aliphatic heterocycles. The van der Waals surface area contributed by atoms with Gasteiger partial charge < -0.3 is 20.0 Å². The molecule has 2 fully saturated rings. The number of nitrogens with one attached hydrogen (secondary N) is 1. The number of amides is 2. The predicted molar refractivity (Wildman–Crippen MR) is 112 cm³/mol. The average molecular weight is 380 g/mol. The van der Waals surface area contributed by atoms with Crippen LogP contribution in [-0.4, -0.2) is 60.2 Å². The third-order valence-corrected chi connectivity index (χ3v) is 5.43. The maximum Gasteiger partial charge on any atom is 0.321 e. The number of hydrogen-bond donors (Lipinski definition) is 1. The van der Waals surface area contributed by atoms with Crippen molar-refractivity contribution < 1.29 is 4.79 Å². The van der Waals surface area contributed by atoms with Crippen LogP contribution in [0.25, 0.3) is 0 Å². The Bertz CT molecular complexity index is 820. The summed E-state index contributed by atoms with van der Waals surface area (Å²) in [5.41, 5.74) is 3.16. The maximum absolute atomic E-state index is 12.6. The van der Waals surface area contributed by atoms with Gasteiger partial charge in [-0.05, 0) is 49.9 Å². The predicted octanol–water partition coefficient (Wildman–Crippen LogP) is 3.05. The molecule has 2 aromatic rings. The fraction of sp³-hybridized carbons (Fsp3) is 0.476. The molecule has 0 spiro atoms. The van der Waals surface area contributed by atoms with Crippen molar-refractivity contribution in [2.75, 3.05) is 54.4 Å². The zero-order valence-electron chi connectivity index (χ0n) is 16.7. The van der Waals surface area contributed by atoms with E-state index in [-0.39, 0.29) is 6.03 Å². The molecule has 3 heterocycles. The van der Waals surface area contributed by atoms with Crippen molar-refractivity contribution in [1.29, 1.82) is 0 Å². The molecule has 2 saturated heterocycles. The van der Waals surface area contributed by atoms with Crippen molar-refractivity contribution in [2.24, 2.45) is 0 Å². The van der Waals surface area contributed by atoms with Crippen LogP contribution in [0, 0.1) is 13.8 Å². The van der Waals surface area contributed by atoms with Gasteiger partial charge >= 0.3 is 6.03 Å². The quantitative estimate of drug-likeness (QED) is 0.887. The van der Waals surface area contributed by atoms with E-state index in [1.807, 2.05) is 30.9 Å². The molecule has 0 atom stereocenters. The number of urea groups is 1. The minimum Gasteiger partial charge on any atom is -0.356 e. The minimum absolute atomic E-state index is 0.0370. The second-order valence-electron chi connectivity index (χ2n) is 7.71. The Labute approximate surface area is 166 Å². The summed E-state index contributed by atoms with van der Waals surface area (Å²) in [4.78, 5) is 27.9. The Balaban J connectivity index is 1.35. The summed E-state index contributed by atoms with van der Waals surface area (Å²) >= 11 is 0. The van der Waals surface area contributed by atoms with Crippen LogP contribution in [0.3, 0.4) is 0 Å². The van der Waals surface area contributed by atoms with E-state index in [9.17, 15) is 4.79 Å². The first-order valence-electron chi connectivity index (χ1n) is 10.0. The van der Waals surface area contributed by atoms with E-state index < -0.39 is 0 Å². The summed E-state index contributed by atoms with van der Waals surface area (Å²) < 4.78 is 0. The Morgan fingerprint density at radius 1 is 0.821 bits per heavy atom. The SMILES string of the molecule is Cc1cc(C)cc(NC(=O)N2CCN(c3cc(N4CCCC4)ncn3)CC2)c1. The smallest absolute Gasteiger partial charge is 0.321 e. The Morgan fingerprint density at radius 2 is 1.39 bits per heavy atom. The highest BCUT2D eigenvalue weighted by Gasteiger charge is 2.23. The average Bonchev–Trinajstić information content (AvgIpc) is 3.22. The van der Waals surface area contributed by atoms with Crippen molar-refractivity contribution in [3.8, 4) is 0 Å². The van der Waals surface area contributed by atoms with E-state index in [1.54, 1.807) is 6.33 Å². The number of piperazine rings is 1. The first kappa shape index (κ1) is 18.5. The van der Waals surface area contributed by atoms with Crippen LogP contribution >= 0.6 is 0 Å². The molecule has 0 saturated carbocycles. The maximum atomic E-state index is 12.6. The third kappa shape index (κ3) is 4.18. The van der Waals surface area contributed by atoms with Crippen LogP contribution in [0.2, 0.25) is 0 Å². The number of benzene rings is 1. The van der Waals surface area contributed by atoms with Gasteiger partial charge in [-0.15, -0.1) is 0 Å². The number of aryl methyl sites for hydroxylation is 2. The van der Waals surface area contributed by atoms with Gasteiger partial charge in [0.1, 0.15) is 18.0 Å². The monoisotopic (exact) mass is 380 g/mol. The molecule has 0 radical (unpaired) electrons. The van der Waals surface area contributed by atoms with Gasteiger partial charge in [0.25, 0.3) is 0 Å². The van der Waals surface area contributed by atoms with Gasteiger partial charge in [-0.25, -0.2) is 14.8 Å². The van der Waals surface area contributed by atoms with Gasteiger partial charge in [0, 0.05) is 51.0 Å². The normalized spacial score (nSPS) is 17.1. The molecule has 2 aliphatic rings. The molecule has 28 heavy (non-hydrogen) atoms. The molecule has 148 valence electrons. The fourth-order valence-corrected chi connectivity index (χ4v) is 4.02. The van der Waals surface area contributed by atoms with Gasteiger partial charge in [-0.2, -0.15) is 0 Å². The summed E-state index contributed by atoms with van der Waals surface area (Å²) in [6.45, 7) is 9.14. The molecular weight excluding hydrogens is 352 g/mol. The van der Waals surface area contributed by atoms with Crippen molar-refractivity contribution in [3.63, 3.8) is 0 Å². The number of aromatic nitrogens is 2. The first-order valence-corrected chi connectivity index (χ1v) is 10.0. The lowest BCUT2D eigenvalue weighted by Crippen LogP contribution is -2.50. The molecule has 1 aromatic carbocycles. The standard InChI is InChI=1S/C21H28N6O/c1-16-11-17(2)13-18(12-16)24-21(28)27-9-7-26(8-10-27)20-14-19(22-15-23-20)25-5-3-4-6-25/h11-15H,3-10H2,1-2H3,(H,24,28). The number of rotatable bonds is 3. The summed E-state index contributed by atoms with van der Waals surface area (Å²) in [5.74, 6) is 1.96. The number of hydrogen-bond acceptors (Lipinski definition) is 5. The van der Waals surface area contributed by atoms with Gasteiger partial charge in [0.2, 0.25) is 0 Å². The van der Waals surface area contributed by atoms with Crippen LogP contribution in [0.4, 0.5) is 22.1 Å². The first-order chi connectivity index (χ1) is 13.6. The van der Waals surface area contributed by atoms with Crippen LogP contribution in [0.1, 0.15) is 24.0 Å². The van der Waals surface area contributed by atoms with Crippen molar-refractivity contribution in [2.45, 2.75) is 26.7 Å². The largest absolute Gasteiger partial charge is 0.356 e. The Hall–Kier alpha value is -2.83. The second kappa shape index (κ2) is 8.04. The lowest BCUT2D eigenvalue weighted by Gasteiger charge is -2.35. The lowest BCUT2D eigenvalue weighted by atomic mass is 10.1. The zero-order chi connectivity index (χ0) is 19.5. The van der Waals surface area contributed by atoms with Gasteiger partial charge in [-0.3, -0.25) is 0 Å². The zero-order valence-corrected chi connectivity index (χ0v) is 16.7. The summed E-state index contributed by atoms with van der Waals surface area (Å²) in [7, 11) is 0. The van der Waals surface area contributed by atoms with Crippen LogP contribution in [0.15, 0.2) is 30.6 Å². The van der Waals surface area contributed by atoms with E-state index in [1.165, 1.54) is 12.8 Å². The molecule has 0 bridgehead atoms. The van der Waals surface area contributed by atoms with Crippen LogP contribution in [-0.2, 0) is 0 Å². The third-order valence-electron chi connectivity index (χ3n) is 5.43. The van der Waals surface area contributed by atoms with Gasteiger partial charge in [0.05, 0.1) is 0 Å². The molecular formula is C21H28N6O. The number of carbonyl (C=O) groups excluding carboxylic acids is 1. The molecule has 7 heteroatoms. The minimum atomic E-state index is -0.0370. The molecule has 7 nitrogen and oxygen atoms in total. The molecule has 1 N–H and O–H groups in total. The lowest BCUT2D eigenvalue weighted by molar-refractivity contribution is 0.208. The van der Waals surface area contributed by atoms with Crippen LogP contribution in [0.5, 0.6) is 0 Å². The number of nitrogens with zero attached hydrogens (tertiary/aromatic N) is 5. The molecule has 4 rings (SSSR count).